The zero-order valence-corrected chi connectivity index (χ0v) is 22.9. The summed E-state index contributed by atoms with van der Waals surface area (Å²) in [6, 6.07) is 8.32. The summed E-state index contributed by atoms with van der Waals surface area (Å²) in [6.07, 6.45) is 7.25. The van der Waals surface area contributed by atoms with Gasteiger partial charge in [0.2, 0.25) is 0 Å². The minimum absolute atomic E-state index is 0.0159. The Kier molecular flexibility index (Phi) is 10.4. The summed E-state index contributed by atoms with van der Waals surface area (Å²) in [7, 11) is 2.86. The zero-order chi connectivity index (χ0) is 25.3. The molecule has 0 spiro atoms. The monoisotopic (exact) mass is 484 g/mol. The van der Waals surface area contributed by atoms with Crippen molar-refractivity contribution in [2.45, 2.75) is 72.6 Å². The van der Waals surface area contributed by atoms with Crippen LogP contribution in [0.2, 0.25) is 0 Å². The lowest BCUT2D eigenvalue weighted by Gasteiger charge is -2.31. The lowest BCUT2D eigenvalue weighted by molar-refractivity contribution is -0.129. The van der Waals surface area contributed by atoms with Crippen molar-refractivity contribution in [1.82, 2.24) is 15.6 Å². The predicted molar refractivity (Wildman–Crippen MR) is 145 cm³/mol. The molecule has 186 valence electrons. The summed E-state index contributed by atoms with van der Waals surface area (Å²) >= 11 is 0. The first kappa shape index (κ1) is 27.7. The van der Waals surface area contributed by atoms with Gasteiger partial charge in [0, 0.05) is 16.9 Å². The molecule has 7 heteroatoms. The van der Waals surface area contributed by atoms with Crippen LogP contribution in [-0.2, 0) is 14.7 Å². The molecule has 2 atom stereocenters. The normalized spacial score (nSPS) is 17.9. The largest absolute Gasteiger partial charge is 0.492 e. The topological polar surface area (TPSA) is 66.0 Å². The Bertz CT molecular complexity index is 956. The first-order valence-electron chi connectivity index (χ1n) is 12.1. The molecule has 0 aliphatic carbocycles. The molecule has 2 rings (SSSR count). The number of hydrogen-bond acceptors (Lipinski definition) is 5. The second kappa shape index (κ2) is 12.8. The molecular weight excluding hydrogens is 443 g/mol. The predicted octanol–water partition coefficient (Wildman–Crippen LogP) is 5.40. The van der Waals surface area contributed by atoms with E-state index in [9.17, 15) is 4.79 Å². The van der Waals surface area contributed by atoms with E-state index in [0.717, 1.165) is 41.3 Å². The third kappa shape index (κ3) is 7.73. The summed E-state index contributed by atoms with van der Waals surface area (Å²) in [4.78, 5) is 12.9. The summed E-state index contributed by atoms with van der Waals surface area (Å²) < 4.78 is 5.86. The quantitative estimate of drug-likeness (QED) is 0.191. The summed E-state index contributed by atoms with van der Waals surface area (Å²) in [5.74, 6) is 0.692. The SMILES string of the molecule is C/C=C(OCCC)\C(=C/CC)NCC1=CC(=O)N(/N=C(\C)c2ccc(C(C)(C)P)cc2)C(C)N1. The van der Waals surface area contributed by atoms with Crippen LogP contribution in [0.25, 0.3) is 0 Å². The van der Waals surface area contributed by atoms with E-state index < -0.39 is 0 Å². The van der Waals surface area contributed by atoms with Crippen LogP contribution in [0.1, 0.15) is 72.4 Å². The minimum Gasteiger partial charge on any atom is -0.492 e. The Balaban J connectivity index is 2.10. The van der Waals surface area contributed by atoms with Crippen molar-refractivity contribution in [3.8, 4) is 0 Å². The highest BCUT2D eigenvalue weighted by molar-refractivity contribution is 7.18. The van der Waals surface area contributed by atoms with Crippen molar-refractivity contribution in [1.29, 1.82) is 0 Å². The van der Waals surface area contributed by atoms with Crippen LogP contribution in [0.4, 0.5) is 0 Å². The van der Waals surface area contributed by atoms with Gasteiger partial charge in [0.05, 0.1) is 24.6 Å². The Morgan fingerprint density at radius 1 is 1.29 bits per heavy atom. The molecule has 6 nitrogen and oxygen atoms in total. The summed E-state index contributed by atoms with van der Waals surface area (Å²) in [5, 5.41) is 12.9. The molecule has 1 amide bonds. The lowest BCUT2D eigenvalue weighted by atomic mass is 10.00. The number of nitrogens with one attached hydrogen (secondary N) is 2. The van der Waals surface area contributed by atoms with Gasteiger partial charge in [0.25, 0.3) is 5.91 Å². The first-order chi connectivity index (χ1) is 16.1. The Morgan fingerprint density at radius 2 is 1.97 bits per heavy atom. The van der Waals surface area contributed by atoms with Crippen molar-refractivity contribution in [3.05, 3.63) is 70.8 Å². The van der Waals surface area contributed by atoms with Crippen molar-refractivity contribution in [3.63, 3.8) is 0 Å². The van der Waals surface area contributed by atoms with E-state index in [0.29, 0.717) is 13.2 Å². The number of nitrogens with zero attached hydrogens (tertiary/aromatic N) is 2. The van der Waals surface area contributed by atoms with E-state index in [1.54, 1.807) is 6.08 Å². The van der Waals surface area contributed by atoms with Crippen LogP contribution >= 0.6 is 9.24 Å². The second-order valence-electron chi connectivity index (χ2n) is 9.04. The molecule has 0 aromatic heterocycles. The van der Waals surface area contributed by atoms with Gasteiger partial charge in [-0.3, -0.25) is 4.79 Å². The third-order valence-corrected chi connectivity index (χ3v) is 5.79. The second-order valence-corrected chi connectivity index (χ2v) is 10.5. The van der Waals surface area contributed by atoms with Crippen LogP contribution in [0.15, 0.2) is 64.7 Å². The number of carbonyl (C=O) groups excluding carboxylic acids is 1. The Hall–Kier alpha value is -2.59. The number of rotatable bonds is 11. The van der Waals surface area contributed by atoms with E-state index in [-0.39, 0.29) is 17.2 Å². The number of ether oxygens (including phenoxy) is 1. The number of amides is 1. The smallest absolute Gasteiger partial charge is 0.270 e. The molecular formula is C27H41N4O2P. The molecule has 2 unspecified atom stereocenters. The summed E-state index contributed by atoms with van der Waals surface area (Å²) in [6.45, 7) is 15.5. The maximum atomic E-state index is 12.9. The molecule has 0 saturated carbocycles. The molecule has 1 aromatic carbocycles. The van der Waals surface area contributed by atoms with Gasteiger partial charge in [-0.05, 0) is 50.8 Å². The van der Waals surface area contributed by atoms with E-state index in [1.807, 2.05) is 26.8 Å². The average molecular weight is 485 g/mol. The van der Waals surface area contributed by atoms with Gasteiger partial charge in [-0.1, -0.05) is 58.0 Å². The van der Waals surface area contributed by atoms with Gasteiger partial charge in [-0.2, -0.15) is 5.10 Å². The fraction of sp³-hybridized carbons (Fsp3) is 0.481. The van der Waals surface area contributed by atoms with Crippen molar-refractivity contribution < 1.29 is 9.53 Å². The molecule has 1 aliphatic heterocycles. The number of hydrogen-bond donors (Lipinski definition) is 2. The van der Waals surface area contributed by atoms with Gasteiger partial charge in [-0.15, -0.1) is 9.24 Å². The molecule has 1 aromatic rings. The zero-order valence-electron chi connectivity index (χ0n) is 21.7. The highest BCUT2D eigenvalue weighted by Crippen LogP contribution is 2.30. The Labute approximate surface area is 207 Å². The fourth-order valence-corrected chi connectivity index (χ4v) is 3.75. The summed E-state index contributed by atoms with van der Waals surface area (Å²) in [5.41, 5.74) is 4.78. The van der Waals surface area contributed by atoms with Gasteiger partial charge in [-0.25, -0.2) is 5.01 Å². The molecule has 0 fully saturated rings. The standard InChI is InChI=1S/C27H41N4O2P/c1-8-11-24(25(10-3)33-16-9-2)28-18-23-17-26(32)31(20(5)29-23)30-19(4)21-12-14-22(15-13-21)27(6,7)34/h10-15,17,20,28-29H,8-9,16,18,34H2,1-7H3/b24-11+,25-10+,30-19+. The van der Waals surface area contributed by atoms with Crippen molar-refractivity contribution >= 4 is 20.9 Å². The number of allylic oxidation sites excluding steroid dienone is 2. The van der Waals surface area contributed by atoms with Crippen molar-refractivity contribution in [2.24, 2.45) is 5.10 Å². The molecule has 1 heterocycles. The number of benzene rings is 1. The molecule has 2 N–H and O–H groups in total. The average Bonchev–Trinajstić information content (AvgIpc) is 2.79. The lowest BCUT2D eigenvalue weighted by Crippen LogP contribution is -2.49. The van der Waals surface area contributed by atoms with E-state index in [1.165, 1.54) is 10.6 Å². The van der Waals surface area contributed by atoms with Gasteiger partial charge in [0.1, 0.15) is 11.9 Å². The number of hydrazone groups is 1. The van der Waals surface area contributed by atoms with E-state index >= 15 is 0 Å². The van der Waals surface area contributed by atoms with Crippen LogP contribution in [0.5, 0.6) is 0 Å². The maximum Gasteiger partial charge on any atom is 0.270 e. The molecule has 0 radical (unpaired) electrons. The highest BCUT2D eigenvalue weighted by Gasteiger charge is 2.25. The first-order valence-corrected chi connectivity index (χ1v) is 12.7. The molecule has 34 heavy (non-hydrogen) atoms. The third-order valence-electron chi connectivity index (χ3n) is 5.46. The van der Waals surface area contributed by atoms with Gasteiger partial charge >= 0.3 is 0 Å². The Morgan fingerprint density at radius 3 is 2.50 bits per heavy atom. The maximum absolute atomic E-state index is 12.9. The van der Waals surface area contributed by atoms with E-state index in [4.69, 9.17) is 4.74 Å². The molecule has 0 saturated heterocycles. The minimum atomic E-state index is -0.259. The molecule has 0 bridgehead atoms. The van der Waals surface area contributed by atoms with Crippen LogP contribution in [0.3, 0.4) is 0 Å². The van der Waals surface area contributed by atoms with Gasteiger partial charge in [0.15, 0.2) is 0 Å². The van der Waals surface area contributed by atoms with Gasteiger partial charge < -0.3 is 15.4 Å². The van der Waals surface area contributed by atoms with E-state index in [2.05, 4.69) is 83.0 Å². The fourth-order valence-electron chi connectivity index (χ4n) is 3.56. The number of carbonyl (C=O) groups is 1. The van der Waals surface area contributed by atoms with Crippen LogP contribution in [0, 0.1) is 0 Å². The molecule has 1 aliphatic rings. The highest BCUT2D eigenvalue weighted by atomic mass is 31.0. The van der Waals surface area contributed by atoms with Crippen molar-refractivity contribution in [2.75, 3.05) is 13.2 Å². The van der Waals surface area contributed by atoms with Crippen LogP contribution in [-0.4, -0.2) is 35.9 Å². The van der Waals surface area contributed by atoms with Crippen LogP contribution < -0.4 is 10.6 Å².